The lowest BCUT2D eigenvalue weighted by atomic mass is 10.2. The van der Waals surface area contributed by atoms with Gasteiger partial charge in [0.1, 0.15) is 6.61 Å². The van der Waals surface area contributed by atoms with Crippen LogP contribution in [0.3, 0.4) is 0 Å². The molecule has 1 aliphatic heterocycles. The summed E-state index contributed by atoms with van der Waals surface area (Å²) in [4.78, 5) is 12.3. The van der Waals surface area contributed by atoms with Gasteiger partial charge in [-0.05, 0) is 42.5 Å². The molecule has 0 aliphatic carbocycles. The standard InChI is InChI=1S/C22H19FN2O6S/c23-18-6-1-2-7-19(18)29-11-10-24-22(26)15-4-3-5-17(12-15)32(27,28)25-16-8-9-20-21(13-16)31-14-30-20/h1-9,12-13,25H,10-11,14H2,(H,24,26). The Hall–Kier alpha value is -3.79. The van der Waals surface area contributed by atoms with E-state index < -0.39 is 21.7 Å². The zero-order valence-electron chi connectivity index (χ0n) is 16.7. The van der Waals surface area contributed by atoms with Crippen LogP contribution in [0.5, 0.6) is 17.2 Å². The SMILES string of the molecule is O=C(NCCOc1ccccc1F)c1cccc(S(=O)(=O)Nc2ccc3c(c2)OCO3)c1. The van der Waals surface area contributed by atoms with Gasteiger partial charge in [-0.15, -0.1) is 0 Å². The molecule has 0 bridgehead atoms. The van der Waals surface area contributed by atoms with Crippen LogP contribution in [-0.4, -0.2) is 34.3 Å². The molecule has 0 radical (unpaired) electrons. The summed E-state index contributed by atoms with van der Waals surface area (Å²) in [5.74, 6) is 0.0833. The molecule has 0 saturated carbocycles. The molecule has 10 heteroatoms. The molecule has 1 heterocycles. The molecular formula is C22H19FN2O6S. The zero-order chi connectivity index (χ0) is 22.6. The summed E-state index contributed by atoms with van der Waals surface area (Å²) in [7, 11) is -3.95. The maximum Gasteiger partial charge on any atom is 0.261 e. The van der Waals surface area contributed by atoms with Crippen LogP contribution in [0, 0.1) is 5.82 Å². The number of amides is 1. The summed E-state index contributed by atoms with van der Waals surface area (Å²) in [5, 5.41) is 2.61. The van der Waals surface area contributed by atoms with Gasteiger partial charge in [0.2, 0.25) is 6.79 Å². The summed E-state index contributed by atoms with van der Waals surface area (Å²) in [6, 6.07) is 16.2. The van der Waals surface area contributed by atoms with Crippen molar-refractivity contribution in [3.8, 4) is 17.2 Å². The molecule has 4 rings (SSSR count). The highest BCUT2D eigenvalue weighted by Gasteiger charge is 2.19. The Kier molecular flexibility index (Phi) is 6.13. The van der Waals surface area contributed by atoms with Crippen LogP contribution < -0.4 is 24.2 Å². The van der Waals surface area contributed by atoms with Crippen molar-refractivity contribution in [3.63, 3.8) is 0 Å². The smallest absolute Gasteiger partial charge is 0.261 e. The quantitative estimate of drug-likeness (QED) is 0.503. The van der Waals surface area contributed by atoms with E-state index in [1.807, 2.05) is 0 Å². The third-order valence-corrected chi connectivity index (χ3v) is 5.89. The number of carbonyl (C=O) groups is 1. The Labute approximate surface area is 184 Å². The topological polar surface area (TPSA) is 103 Å². The Morgan fingerprint density at radius 3 is 2.66 bits per heavy atom. The fourth-order valence-electron chi connectivity index (χ4n) is 2.97. The second-order valence-corrected chi connectivity index (χ2v) is 8.42. The minimum Gasteiger partial charge on any atom is -0.489 e. The molecule has 0 fully saturated rings. The molecule has 3 aromatic carbocycles. The fourth-order valence-corrected chi connectivity index (χ4v) is 4.06. The molecule has 0 atom stereocenters. The second-order valence-electron chi connectivity index (χ2n) is 6.74. The van der Waals surface area contributed by atoms with Crippen molar-refractivity contribution in [1.29, 1.82) is 0 Å². The third kappa shape index (κ3) is 4.92. The van der Waals surface area contributed by atoms with E-state index in [1.165, 1.54) is 42.5 Å². The van der Waals surface area contributed by atoms with Crippen molar-refractivity contribution in [1.82, 2.24) is 5.32 Å². The van der Waals surface area contributed by atoms with Gasteiger partial charge in [0, 0.05) is 11.6 Å². The maximum absolute atomic E-state index is 13.5. The number of benzene rings is 3. The summed E-state index contributed by atoms with van der Waals surface area (Å²) >= 11 is 0. The average Bonchev–Trinajstić information content (AvgIpc) is 3.25. The highest BCUT2D eigenvalue weighted by atomic mass is 32.2. The van der Waals surface area contributed by atoms with Gasteiger partial charge in [-0.2, -0.15) is 0 Å². The van der Waals surface area contributed by atoms with Gasteiger partial charge in [-0.25, -0.2) is 12.8 Å². The highest BCUT2D eigenvalue weighted by molar-refractivity contribution is 7.92. The van der Waals surface area contributed by atoms with E-state index in [-0.39, 0.29) is 36.2 Å². The predicted molar refractivity (Wildman–Crippen MR) is 114 cm³/mol. The van der Waals surface area contributed by atoms with Crippen molar-refractivity contribution < 1.29 is 31.8 Å². The van der Waals surface area contributed by atoms with E-state index >= 15 is 0 Å². The molecule has 1 aliphatic rings. The molecular weight excluding hydrogens is 439 g/mol. The van der Waals surface area contributed by atoms with Gasteiger partial charge >= 0.3 is 0 Å². The molecule has 2 N–H and O–H groups in total. The van der Waals surface area contributed by atoms with Crippen LogP contribution in [0.15, 0.2) is 71.6 Å². The third-order valence-electron chi connectivity index (χ3n) is 4.51. The van der Waals surface area contributed by atoms with Crippen LogP contribution in [0.2, 0.25) is 0 Å². The van der Waals surface area contributed by atoms with Gasteiger partial charge in [-0.1, -0.05) is 18.2 Å². The Bertz CT molecular complexity index is 1250. The van der Waals surface area contributed by atoms with Gasteiger partial charge < -0.3 is 19.5 Å². The number of hydrogen-bond acceptors (Lipinski definition) is 6. The Morgan fingerprint density at radius 2 is 1.81 bits per heavy atom. The molecule has 8 nitrogen and oxygen atoms in total. The van der Waals surface area contributed by atoms with E-state index in [1.54, 1.807) is 24.3 Å². The lowest BCUT2D eigenvalue weighted by molar-refractivity contribution is 0.0946. The molecule has 1 amide bonds. The number of nitrogens with one attached hydrogen (secondary N) is 2. The molecule has 0 aromatic heterocycles. The minimum atomic E-state index is -3.95. The number of carbonyl (C=O) groups excluding carboxylic acids is 1. The highest BCUT2D eigenvalue weighted by Crippen LogP contribution is 2.34. The van der Waals surface area contributed by atoms with Gasteiger partial charge in [0.15, 0.2) is 23.1 Å². The van der Waals surface area contributed by atoms with Crippen LogP contribution in [-0.2, 0) is 10.0 Å². The summed E-state index contributed by atoms with van der Waals surface area (Å²) in [6.45, 7) is 0.240. The lowest BCUT2D eigenvalue weighted by Crippen LogP contribution is -2.28. The first-order chi connectivity index (χ1) is 15.4. The molecule has 166 valence electrons. The monoisotopic (exact) mass is 458 g/mol. The molecule has 32 heavy (non-hydrogen) atoms. The van der Waals surface area contributed by atoms with Crippen molar-refractivity contribution in [2.45, 2.75) is 4.90 Å². The van der Waals surface area contributed by atoms with Gasteiger partial charge in [-0.3, -0.25) is 9.52 Å². The zero-order valence-corrected chi connectivity index (χ0v) is 17.5. The fraction of sp³-hybridized carbons (Fsp3) is 0.136. The van der Waals surface area contributed by atoms with E-state index in [2.05, 4.69) is 10.0 Å². The molecule has 0 unspecified atom stereocenters. The first-order valence-electron chi connectivity index (χ1n) is 9.60. The van der Waals surface area contributed by atoms with Crippen molar-refractivity contribution in [2.24, 2.45) is 0 Å². The Morgan fingerprint density at radius 1 is 1.00 bits per heavy atom. The number of para-hydroxylation sites is 1. The van der Waals surface area contributed by atoms with E-state index in [9.17, 15) is 17.6 Å². The van der Waals surface area contributed by atoms with Crippen LogP contribution >= 0.6 is 0 Å². The normalized spacial score (nSPS) is 12.3. The van der Waals surface area contributed by atoms with E-state index in [4.69, 9.17) is 14.2 Å². The van der Waals surface area contributed by atoms with Crippen LogP contribution in [0.25, 0.3) is 0 Å². The molecule has 3 aromatic rings. The summed E-state index contributed by atoms with van der Waals surface area (Å²) < 4.78 is 57.2. The van der Waals surface area contributed by atoms with Crippen LogP contribution in [0.1, 0.15) is 10.4 Å². The number of halogens is 1. The van der Waals surface area contributed by atoms with Crippen molar-refractivity contribution >= 4 is 21.6 Å². The number of sulfonamides is 1. The molecule has 0 spiro atoms. The van der Waals surface area contributed by atoms with E-state index in [0.29, 0.717) is 17.2 Å². The summed E-state index contributed by atoms with van der Waals surface area (Å²) in [6.07, 6.45) is 0. The second kappa shape index (κ2) is 9.15. The lowest BCUT2D eigenvalue weighted by Gasteiger charge is -2.11. The number of hydrogen-bond donors (Lipinski definition) is 2. The number of ether oxygens (including phenoxy) is 3. The maximum atomic E-state index is 13.5. The Balaban J connectivity index is 1.37. The van der Waals surface area contributed by atoms with E-state index in [0.717, 1.165) is 0 Å². The first kappa shape index (κ1) is 21.4. The van der Waals surface area contributed by atoms with Crippen molar-refractivity contribution in [3.05, 3.63) is 78.1 Å². The van der Waals surface area contributed by atoms with Crippen molar-refractivity contribution in [2.75, 3.05) is 24.7 Å². The van der Waals surface area contributed by atoms with Gasteiger partial charge in [0.05, 0.1) is 17.1 Å². The predicted octanol–water partition coefficient (Wildman–Crippen LogP) is 3.16. The summed E-state index contributed by atoms with van der Waals surface area (Å²) in [5.41, 5.74) is 0.457. The van der Waals surface area contributed by atoms with Crippen LogP contribution in [0.4, 0.5) is 10.1 Å². The first-order valence-corrected chi connectivity index (χ1v) is 11.1. The largest absolute Gasteiger partial charge is 0.489 e. The number of rotatable bonds is 8. The average molecular weight is 458 g/mol. The minimum absolute atomic E-state index is 0.0519. The number of anilines is 1. The molecule has 0 saturated heterocycles. The van der Waals surface area contributed by atoms with Gasteiger partial charge in [0.25, 0.3) is 15.9 Å². The number of fused-ring (bicyclic) bond motifs is 1.